The normalized spacial score (nSPS) is 16.5. The van der Waals surface area contributed by atoms with Gasteiger partial charge in [-0.1, -0.05) is 44.5 Å². The lowest BCUT2D eigenvalue weighted by molar-refractivity contribution is -0.128. The summed E-state index contributed by atoms with van der Waals surface area (Å²) >= 11 is 0. The zero-order valence-corrected chi connectivity index (χ0v) is 15.3. The SMILES string of the molecule is CCC(C)C(N)C(=O)NCc1ccccc1CN1CCCC1=O.Cl. The van der Waals surface area contributed by atoms with Crippen molar-refractivity contribution in [2.24, 2.45) is 11.7 Å². The maximum Gasteiger partial charge on any atom is 0.237 e. The molecule has 1 aliphatic rings. The molecule has 0 spiro atoms. The van der Waals surface area contributed by atoms with Crippen LogP contribution in [0.4, 0.5) is 0 Å². The molecule has 0 aliphatic carbocycles. The Morgan fingerprint density at radius 2 is 2.00 bits per heavy atom. The highest BCUT2D eigenvalue weighted by atomic mass is 35.5. The van der Waals surface area contributed by atoms with Crippen LogP contribution in [0, 0.1) is 5.92 Å². The van der Waals surface area contributed by atoms with E-state index in [9.17, 15) is 9.59 Å². The number of benzene rings is 1. The van der Waals surface area contributed by atoms with Gasteiger partial charge in [0.2, 0.25) is 11.8 Å². The first-order valence-electron chi connectivity index (χ1n) is 8.40. The summed E-state index contributed by atoms with van der Waals surface area (Å²) in [5.41, 5.74) is 8.08. The maximum absolute atomic E-state index is 12.1. The van der Waals surface area contributed by atoms with E-state index in [2.05, 4.69) is 5.32 Å². The fourth-order valence-electron chi connectivity index (χ4n) is 2.77. The molecule has 1 fully saturated rings. The summed E-state index contributed by atoms with van der Waals surface area (Å²) in [6.07, 6.45) is 2.45. The minimum absolute atomic E-state index is 0. The number of nitrogens with two attached hydrogens (primary N) is 1. The summed E-state index contributed by atoms with van der Waals surface area (Å²) in [4.78, 5) is 25.8. The monoisotopic (exact) mass is 353 g/mol. The third-order valence-electron chi connectivity index (χ3n) is 4.66. The quantitative estimate of drug-likeness (QED) is 0.789. The predicted octanol–water partition coefficient (Wildman–Crippen LogP) is 2.22. The third-order valence-corrected chi connectivity index (χ3v) is 4.66. The van der Waals surface area contributed by atoms with Gasteiger partial charge in [0.05, 0.1) is 6.04 Å². The second-order valence-corrected chi connectivity index (χ2v) is 6.32. The Kier molecular flexibility index (Phi) is 8.22. The molecule has 5 nitrogen and oxygen atoms in total. The lowest BCUT2D eigenvalue weighted by atomic mass is 9.99. The molecule has 0 bridgehead atoms. The summed E-state index contributed by atoms with van der Waals surface area (Å²) in [7, 11) is 0. The Labute approximate surface area is 150 Å². The topological polar surface area (TPSA) is 75.4 Å². The summed E-state index contributed by atoms with van der Waals surface area (Å²) < 4.78 is 0. The second kappa shape index (κ2) is 9.64. The summed E-state index contributed by atoms with van der Waals surface area (Å²) in [5.74, 6) is 0.251. The molecule has 2 atom stereocenters. The van der Waals surface area contributed by atoms with E-state index in [0.717, 1.165) is 30.5 Å². The van der Waals surface area contributed by atoms with E-state index in [-0.39, 0.29) is 30.1 Å². The van der Waals surface area contributed by atoms with Crippen molar-refractivity contribution in [3.63, 3.8) is 0 Å². The summed E-state index contributed by atoms with van der Waals surface area (Å²) in [5, 5.41) is 2.92. The minimum Gasteiger partial charge on any atom is -0.351 e. The Hall–Kier alpha value is -1.59. The molecular formula is C18H28ClN3O2. The van der Waals surface area contributed by atoms with Crippen LogP contribution in [-0.4, -0.2) is 29.3 Å². The molecule has 24 heavy (non-hydrogen) atoms. The van der Waals surface area contributed by atoms with Crippen molar-refractivity contribution in [3.8, 4) is 0 Å². The first kappa shape index (κ1) is 20.5. The Morgan fingerprint density at radius 1 is 1.33 bits per heavy atom. The van der Waals surface area contributed by atoms with Crippen LogP contribution in [0.25, 0.3) is 0 Å². The molecule has 1 aromatic carbocycles. The minimum atomic E-state index is -0.479. The van der Waals surface area contributed by atoms with Crippen LogP contribution in [0.5, 0.6) is 0 Å². The summed E-state index contributed by atoms with van der Waals surface area (Å²) in [6, 6.07) is 7.44. The van der Waals surface area contributed by atoms with E-state index in [0.29, 0.717) is 19.5 Å². The maximum atomic E-state index is 12.1. The van der Waals surface area contributed by atoms with Gasteiger partial charge in [0.1, 0.15) is 0 Å². The molecule has 1 heterocycles. The van der Waals surface area contributed by atoms with Gasteiger partial charge in [-0.2, -0.15) is 0 Å². The van der Waals surface area contributed by atoms with Crippen LogP contribution in [-0.2, 0) is 22.7 Å². The lowest BCUT2D eigenvalue weighted by Crippen LogP contribution is -2.44. The fraction of sp³-hybridized carbons (Fsp3) is 0.556. The Morgan fingerprint density at radius 3 is 2.58 bits per heavy atom. The van der Waals surface area contributed by atoms with Crippen LogP contribution in [0.2, 0.25) is 0 Å². The molecule has 6 heteroatoms. The van der Waals surface area contributed by atoms with E-state index in [1.165, 1.54) is 0 Å². The first-order chi connectivity index (χ1) is 11.0. The van der Waals surface area contributed by atoms with Gasteiger partial charge in [0, 0.05) is 26.1 Å². The number of carbonyl (C=O) groups excluding carboxylic acids is 2. The number of hydrogen-bond acceptors (Lipinski definition) is 3. The van der Waals surface area contributed by atoms with Crippen molar-refractivity contribution in [1.82, 2.24) is 10.2 Å². The van der Waals surface area contributed by atoms with Crippen molar-refractivity contribution in [1.29, 1.82) is 0 Å². The van der Waals surface area contributed by atoms with Gasteiger partial charge in [0.25, 0.3) is 0 Å². The smallest absolute Gasteiger partial charge is 0.237 e. The highest BCUT2D eigenvalue weighted by molar-refractivity contribution is 5.85. The van der Waals surface area contributed by atoms with E-state index >= 15 is 0 Å². The number of hydrogen-bond donors (Lipinski definition) is 2. The molecule has 1 aliphatic heterocycles. The number of nitrogens with one attached hydrogen (secondary N) is 1. The second-order valence-electron chi connectivity index (χ2n) is 6.32. The van der Waals surface area contributed by atoms with E-state index in [1.807, 2.05) is 43.0 Å². The number of halogens is 1. The van der Waals surface area contributed by atoms with Gasteiger partial charge in [-0.15, -0.1) is 12.4 Å². The largest absolute Gasteiger partial charge is 0.351 e. The van der Waals surface area contributed by atoms with Gasteiger partial charge >= 0.3 is 0 Å². The molecular weight excluding hydrogens is 326 g/mol. The van der Waals surface area contributed by atoms with Crippen molar-refractivity contribution in [2.45, 2.75) is 52.2 Å². The van der Waals surface area contributed by atoms with Crippen LogP contribution in [0.15, 0.2) is 24.3 Å². The van der Waals surface area contributed by atoms with E-state index in [4.69, 9.17) is 5.73 Å². The van der Waals surface area contributed by atoms with Crippen LogP contribution < -0.4 is 11.1 Å². The van der Waals surface area contributed by atoms with Crippen molar-refractivity contribution >= 4 is 24.2 Å². The average Bonchev–Trinajstić information content (AvgIpc) is 2.97. The fourth-order valence-corrected chi connectivity index (χ4v) is 2.77. The van der Waals surface area contributed by atoms with Crippen molar-refractivity contribution < 1.29 is 9.59 Å². The molecule has 1 saturated heterocycles. The highest BCUT2D eigenvalue weighted by Crippen LogP contribution is 2.17. The zero-order valence-electron chi connectivity index (χ0n) is 14.5. The van der Waals surface area contributed by atoms with Crippen LogP contribution >= 0.6 is 12.4 Å². The van der Waals surface area contributed by atoms with Gasteiger partial charge in [-0.3, -0.25) is 9.59 Å². The molecule has 0 radical (unpaired) electrons. The van der Waals surface area contributed by atoms with Crippen LogP contribution in [0.1, 0.15) is 44.2 Å². The molecule has 2 rings (SSSR count). The van der Waals surface area contributed by atoms with Crippen LogP contribution in [0.3, 0.4) is 0 Å². The molecule has 2 unspecified atom stereocenters. The average molecular weight is 354 g/mol. The standard InChI is InChI=1S/C18H27N3O2.ClH/c1-3-13(2)17(19)18(23)20-11-14-7-4-5-8-15(14)12-21-10-6-9-16(21)22;/h4-5,7-8,13,17H,3,6,9-12,19H2,1-2H3,(H,20,23);1H. The Balaban J connectivity index is 0.00000288. The molecule has 1 aromatic rings. The zero-order chi connectivity index (χ0) is 16.8. The molecule has 2 amide bonds. The molecule has 0 aromatic heterocycles. The van der Waals surface area contributed by atoms with Gasteiger partial charge in [0.15, 0.2) is 0 Å². The van der Waals surface area contributed by atoms with E-state index < -0.39 is 6.04 Å². The molecule has 0 saturated carbocycles. The molecule has 134 valence electrons. The number of amides is 2. The predicted molar refractivity (Wildman–Crippen MR) is 97.6 cm³/mol. The van der Waals surface area contributed by atoms with Crippen molar-refractivity contribution in [3.05, 3.63) is 35.4 Å². The number of rotatable bonds is 7. The number of nitrogens with zero attached hydrogens (tertiary/aromatic N) is 1. The first-order valence-corrected chi connectivity index (χ1v) is 8.40. The Bertz CT molecular complexity index is 565. The number of likely N-dealkylation sites (tertiary alicyclic amines) is 1. The summed E-state index contributed by atoms with van der Waals surface area (Å²) in [6.45, 7) is 5.89. The van der Waals surface area contributed by atoms with Gasteiger partial charge in [-0.05, 0) is 23.5 Å². The van der Waals surface area contributed by atoms with E-state index in [1.54, 1.807) is 0 Å². The van der Waals surface area contributed by atoms with Gasteiger partial charge in [-0.25, -0.2) is 0 Å². The third kappa shape index (κ3) is 5.21. The lowest BCUT2D eigenvalue weighted by Gasteiger charge is -2.20. The molecule has 3 N–H and O–H groups in total. The van der Waals surface area contributed by atoms with Gasteiger partial charge < -0.3 is 16.0 Å². The number of carbonyl (C=O) groups is 2. The highest BCUT2D eigenvalue weighted by Gasteiger charge is 2.22. The van der Waals surface area contributed by atoms with Crippen molar-refractivity contribution in [2.75, 3.05) is 6.54 Å².